The minimum absolute atomic E-state index is 0.165. The van der Waals surface area contributed by atoms with E-state index < -0.39 is 10.0 Å². The van der Waals surface area contributed by atoms with Gasteiger partial charge in [-0.25, -0.2) is 8.42 Å². The predicted octanol–water partition coefficient (Wildman–Crippen LogP) is 3.77. The van der Waals surface area contributed by atoms with Crippen LogP contribution in [0, 0.1) is 6.92 Å². The molecule has 8 heteroatoms. The number of thiophene rings is 1. The first-order chi connectivity index (χ1) is 9.33. The Kier molecular flexibility index (Phi) is 4.76. The molecule has 1 aromatic carbocycles. The third-order valence-corrected chi connectivity index (χ3v) is 6.12. The van der Waals surface area contributed by atoms with Gasteiger partial charge in [-0.15, -0.1) is 11.3 Å². The number of aliphatic hydroxyl groups is 1. The summed E-state index contributed by atoms with van der Waals surface area (Å²) in [5.74, 6) is 0. The number of halogens is 2. The Morgan fingerprint density at radius 3 is 2.70 bits per heavy atom. The van der Waals surface area contributed by atoms with Crippen molar-refractivity contribution in [2.75, 3.05) is 4.72 Å². The molecule has 4 nitrogen and oxygen atoms in total. The van der Waals surface area contributed by atoms with Crippen molar-refractivity contribution in [3.05, 3.63) is 43.5 Å². The summed E-state index contributed by atoms with van der Waals surface area (Å²) in [5.41, 5.74) is 0.369. The highest BCUT2D eigenvalue weighted by atomic mass is 79.9. The molecule has 0 saturated carbocycles. The molecule has 1 aromatic heterocycles. The predicted molar refractivity (Wildman–Crippen MR) is 84.9 cm³/mol. The van der Waals surface area contributed by atoms with Crippen LogP contribution in [0.25, 0.3) is 0 Å². The molecule has 0 saturated heterocycles. The van der Waals surface area contributed by atoms with Gasteiger partial charge in [0.05, 0.1) is 12.3 Å². The molecule has 2 N–H and O–H groups in total. The van der Waals surface area contributed by atoms with Crippen LogP contribution < -0.4 is 4.72 Å². The van der Waals surface area contributed by atoms with Crippen LogP contribution in [0.5, 0.6) is 0 Å². The fourth-order valence-electron chi connectivity index (χ4n) is 1.64. The molecule has 2 rings (SSSR count). The van der Waals surface area contributed by atoms with E-state index in [0.717, 1.165) is 0 Å². The fourth-order valence-corrected chi connectivity index (χ4v) is 4.86. The lowest BCUT2D eigenvalue weighted by molar-refractivity contribution is 0.285. The average molecular weight is 397 g/mol. The molecule has 0 bridgehead atoms. The molecule has 0 spiro atoms. The van der Waals surface area contributed by atoms with E-state index in [2.05, 4.69) is 20.7 Å². The van der Waals surface area contributed by atoms with E-state index in [1.54, 1.807) is 19.1 Å². The van der Waals surface area contributed by atoms with Crippen LogP contribution in [0.15, 0.2) is 33.6 Å². The molecular weight excluding hydrogens is 386 g/mol. The lowest BCUT2D eigenvalue weighted by Gasteiger charge is -2.09. The maximum absolute atomic E-state index is 12.4. The largest absolute Gasteiger partial charge is 0.391 e. The van der Waals surface area contributed by atoms with Crippen LogP contribution in [0.4, 0.5) is 5.69 Å². The minimum Gasteiger partial charge on any atom is -0.391 e. The Morgan fingerprint density at radius 1 is 1.40 bits per heavy atom. The third kappa shape index (κ3) is 3.35. The Labute approximate surface area is 134 Å². The van der Waals surface area contributed by atoms with Gasteiger partial charge in [0, 0.05) is 19.2 Å². The summed E-state index contributed by atoms with van der Waals surface area (Å²) < 4.78 is 27.8. The van der Waals surface area contributed by atoms with Crippen molar-refractivity contribution in [3.8, 4) is 0 Å². The average Bonchev–Trinajstić information content (AvgIpc) is 2.76. The first kappa shape index (κ1) is 15.8. The smallest absolute Gasteiger partial charge is 0.263 e. The van der Waals surface area contributed by atoms with Crippen molar-refractivity contribution >= 4 is 54.6 Å². The van der Waals surface area contributed by atoms with Crippen molar-refractivity contribution < 1.29 is 13.5 Å². The van der Waals surface area contributed by atoms with Gasteiger partial charge in [-0.05, 0) is 47.1 Å². The summed E-state index contributed by atoms with van der Waals surface area (Å²) in [6, 6.07) is 6.32. The molecule has 0 radical (unpaired) electrons. The summed E-state index contributed by atoms with van der Waals surface area (Å²) in [5, 5.41) is 9.52. The van der Waals surface area contributed by atoms with Gasteiger partial charge in [0.1, 0.15) is 4.90 Å². The summed E-state index contributed by atoms with van der Waals surface area (Å²) in [6.45, 7) is 1.52. The van der Waals surface area contributed by atoms with E-state index in [0.29, 0.717) is 24.9 Å². The number of rotatable bonds is 4. The van der Waals surface area contributed by atoms with Gasteiger partial charge in [-0.2, -0.15) is 0 Å². The number of aryl methyl sites for hydroxylation is 1. The van der Waals surface area contributed by atoms with Gasteiger partial charge < -0.3 is 5.11 Å². The molecule has 2 aromatic rings. The van der Waals surface area contributed by atoms with Crippen LogP contribution in [-0.4, -0.2) is 13.5 Å². The molecule has 1 heterocycles. The molecular formula is C12H11BrClNO3S2. The second-order valence-corrected chi connectivity index (χ2v) is 8.30. The van der Waals surface area contributed by atoms with Crippen LogP contribution >= 0.6 is 38.9 Å². The summed E-state index contributed by atoms with van der Waals surface area (Å²) in [7, 11) is -3.71. The Bertz CT molecular complexity index is 743. The minimum atomic E-state index is -3.71. The lowest BCUT2D eigenvalue weighted by Crippen LogP contribution is -2.13. The number of aliphatic hydroxyl groups excluding tert-OH is 1. The zero-order chi connectivity index (χ0) is 14.9. The summed E-state index contributed by atoms with van der Waals surface area (Å²) >= 11 is 10.4. The molecule has 108 valence electrons. The van der Waals surface area contributed by atoms with Gasteiger partial charge in [0.2, 0.25) is 0 Å². The molecule has 0 atom stereocenters. The first-order valence-corrected chi connectivity index (χ1v) is 8.98. The van der Waals surface area contributed by atoms with Crippen LogP contribution in [0.2, 0.25) is 5.02 Å². The first-order valence-electron chi connectivity index (χ1n) is 5.51. The number of hydrogen-bond donors (Lipinski definition) is 2. The number of nitrogens with one attached hydrogen (secondary N) is 1. The second-order valence-electron chi connectivity index (χ2n) is 4.02. The van der Waals surface area contributed by atoms with Crippen molar-refractivity contribution in [1.29, 1.82) is 0 Å². The van der Waals surface area contributed by atoms with Crippen LogP contribution in [0.3, 0.4) is 0 Å². The van der Waals surface area contributed by atoms with Crippen molar-refractivity contribution in [2.24, 2.45) is 0 Å². The van der Waals surface area contributed by atoms with E-state index in [1.807, 2.05) is 0 Å². The van der Waals surface area contributed by atoms with Gasteiger partial charge in [0.15, 0.2) is 0 Å². The highest BCUT2D eigenvalue weighted by molar-refractivity contribution is 9.10. The van der Waals surface area contributed by atoms with Crippen LogP contribution in [-0.2, 0) is 16.6 Å². The normalized spacial score (nSPS) is 11.6. The van der Waals surface area contributed by atoms with E-state index in [4.69, 9.17) is 16.7 Å². The number of benzene rings is 1. The number of hydrogen-bond acceptors (Lipinski definition) is 4. The summed E-state index contributed by atoms with van der Waals surface area (Å²) in [6.07, 6.45) is 0. The monoisotopic (exact) mass is 395 g/mol. The van der Waals surface area contributed by atoms with E-state index in [1.165, 1.54) is 23.5 Å². The number of sulfonamides is 1. The van der Waals surface area contributed by atoms with Gasteiger partial charge >= 0.3 is 0 Å². The lowest BCUT2D eigenvalue weighted by atomic mass is 10.3. The standard InChI is InChI=1S/C12H11BrClNO3S2/c1-7-12(5-9(6-16)19-7)20(17,18)15-11-4-8(14)2-3-10(11)13/h2-5,15-16H,6H2,1H3. The van der Waals surface area contributed by atoms with Crippen molar-refractivity contribution in [1.82, 2.24) is 0 Å². The zero-order valence-corrected chi connectivity index (χ0v) is 14.3. The maximum Gasteiger partial charge on any atom is 0.263 e. The Morgan fingerprint density at radius 2 is 2.10 bits per heavy atom. The third-order valence-electron chi connectivity index (χ3n) is 2.54. The SMILES string of the molecule is Cc1sc(CO)cc1S(=O)(=O)Nc1cc(Cl)ccc1Br. The van der Waals surface area contributed by atoms with Crippen molar-refractivity contribution in [3.63, 3.8) is 0 Å². The van der Waals surface area contributed by atoms with Gasteiger partial charge in [-0.1, -0.05) is 11.6 Å². The van der Waals surface area contributed by atoms with E-state index in [-0.39, 0.29) is 11.5 Å². The Hall–Kier alpha value is -0.600. The number of anilines is 1. The molecule has 20 heavy (non-hydrogen) atoms. The molecule has 0 fully saturated rings. The maximum atomic E-state index is 12.4. The Balaban J connectivity index is 2.40. The highest BCUT2D eigenvalue weighted by Gasteiger charge is 2.21. The second kappa shape index (κ2) is 6.03. The fraction of sp³-hybridized carbons (Fsp3) is 0.167. The van der Waals surface area contributed by atoms with E-state index in [9.17, 15) is 8.42 Å². The van der Waals surface area contributed by atoms with Gasteiger partial charge in [-0.3, -0.25) is 4.72 Å². The quantitative estimate of drug-likeness (QED) is 0.827. The van der Waals surface area contributed by atoms with Crippen LogP contribution in [0.1, 0.15) is 9.75 Å². The molecule has 0 aliphatic heterocycles. The summed E-state index contributed by atoms with van der Waals surface area (Å²) in [4.78, 5) is 1.39. The topological polar surface area (TPSA) is 66.4 Å². The van der Waals surface area contributed by atoms with Crippen molar-refractivity contribution in [2.45, 2.75) is 18.4 Å². The molecule has 0 amide bonds. The highest BCUT2D eigenvalue weighted by Crippen LogP contribution is 2.31. The van der Waals surface area contributed by atoms with Gasteiger partial charge in [0.25, 0.3) is 10.0 Å². The molecule has 0 aliphatic rings. The van der Waals surface area contributed by atoms with E-state index >= 15 is 0 Å². The molecule has 0 unspecified atom stereocenters. The zero-order valence-electron chi connectivity index (χ0n) is 10.4. The molecule has 0 aliphatic carbocycles.